The summed E-state index contributed by atoms with van der Waals surface area (Å²) >= 11 is 0. The molecule has 4 rings (SSSR count). The minimum atomic E-state index is 0.243. The maximum absolute atomic E-state index is 5.71. The quantitative estimate of drug-likeness (QED) is 0.393. The molecule has 8 nitrogen and oxygen atoms in total. The number of aryl methyl sites for hydroxylation is 2. The molecule has 1 saturated heterocycles. The van der Waals surface area contributed by atoms with E-state index < -0.39 is 0 Å². The van der Waals surface area contributed by atoms with Crippen LogP contribution in [0.4, 0.5) is 0 Å². The first-order valence-corrected chi connectivity index (χ1v) is 11.5. The van der Waals surface area contributed by atoms with Crippen molar-refractivity contribution in [2.24, 2.45) is 4.99 Å². The number of aliphatic imine (C=N–C) groups is 1. The van der Waals surface area contributed by atoms with Gasteiger partial charge in [0.05, 0.1) is 12.3 Å². The van der Waals surface area contributed by atoms with Gasteiger partial charge in [0.2, 0.25) is 0 Å². The minimum Gasteiger partial charge on any atom is -0.468 e. The molecule has 0 saturated carbocycles. The maximum Gasteiger partial charge on any atom is 0.191 e. The van der Waals surface area contributed by atoms with Crippen molar-refractivity contribution < 1.29 is 4.42 Å². The van der Waals surface area contributed by atoms with Gasteiger partial charge in [0, 0.05) is 39.5 Å². The molecule has 0 aliphatic carbocycles. The van der Waals surface area contributed by atoms with Crippen LogP contribution in [0.3, 0.4) is 0 Å². The first kappa shape index (κ1) is 20.9. The monoisotopic (exact) mass is 413 g/mol. The molecular weight excluding hydrogens is 378 g/mol. The van der Waals surface area contributed by atoms with E-state index in [0.717, 1.165) is 69.5 Å². The van der Waals surface area contributed by atoms with Crippen molar-refractivity contribution in [2.45, 2.75) is 64.0 Å². The van der Waals surface area contributed by atoms with E-state index in [2.05, 4.69) is 41.4 Å². The van der Waals surface area contributed by atoms with Crippen LogP contribution in [0.5, 0.6) is 0 Å². The fraction of sp³-hybridized carbons (Fsp3) is 0.682. The van der Waals surface area contributed by atoms with Crippen LogP contribution in [0.1, 0.15) is 62.0 Å². The normalized spacial score (nSPS) is 18.8. The van der Waals surface area contributed by atoms with Gasteiger partial charge in [-0.25, -0.2) is 0 Å². The van der Waals surface area contributed by atoms with E-state index in [1.54, 1.807) is 6.26 Å². The second kappa shape index (κ2) is 10.6. The van der Waals surface area contributed by atoms with Crippen molar-refractivity contribution in [3.8, 4) is 0 Å². The lowest BCUT2D eigenvalue weighted by Gasteiger charge is -2.26. The Kier molecular flexibility index (Phi) is 7.39. The summed E-state index contributed by atoms with van der Waals surface area (Å²) < 4.78 is 8.05. The summed E-state index contributed by atoms with van der Waals surface area (Å²) in [7, 11) is 1.82. The van der Waals surface area contributed by atoms with Crippen LogP contribution < -0.4 is 10.6 Å². The third kappa shape index (κ3) is 5.22. The molecule has 1 unspecified atom stereocenters. The standard InChI is InChI=1S/C22H35N7O/c1-23-22(25-17-18(19-9-8-16-30-19)28-13-5-6-14-28)24-12-7-11-21-27-26-20-10-3-2-4-15-29(20)21/h8-9,16,18H,2-7,10-15,17H2,1H3,(H2,23,24,25). The van der Waals surface area contributed by atoms with Gasteiger partial charge in [-0.1, -0.05) is 6.42 Å². The number of rotatable bonds is 8. The molecule has 0 amide bonds. The van der Waals surface area contributed by atoms with Crippen molar-refractivity contribution in [2.75, 3.05) is 33.2 Å². The molecule has 1 fully saturated rings. The molecule has 1 atom stereocenters. The average molecular weight is 414 g/mol. The Hall–Kier alpha value is -2.35. The molecule has 2 aliphatic heterocycles. The molecule has 2 N–H and O–H groups in total. The number of hydrogen-bond acceptors (Lipinski definition) is 5. The van der Waals surface area contributed by atoms with Crippen LogP contribution in [0.25, 0.3) is 0 Å². The van der Waals surface area contributed by atoms with E-state index in [1.165, 1.54) is 37.9 Å². The summed E-state index contributed by atoms with van der Waals surface area (Å²) in [5.74, 6) is 4.15. The lowest BCUT2D eigenvalue weighted by Crippen LogP contribution is -2.43. The Morgan fingerprint density at radius 2 is 2.00 bits per heavy atom. The number of fused-ring (bicyclic) bond motifs is 1. The van der Waals surface area contributed by atoms with Crippen LogP contribution in [0, 0.1) is 0 Å². The summed E-state index contributed by atoms with van der Waals surface area (Å²) in [4.78, 5) is 6.89. The molecule has 2 aliphatic rings. The summed E-state index contributed by atoms with van der Waals surface area (Å²) in [6.07, 6.45) is 11.1. The van der Waals surface area contributed by atoms with E-state index in [0.29, 0.717) is 0 Å². The van der Waals surface area contributed by atoms with E-state index >= 15 is 0 Å². The average Bonchev–Trinajstić information content (AvgIpc) is 3.52. The highest BCUT2D eigenvalue weighted by Gasteiger charge is 2.25. The van der Waals surface area contributed by atoms with Crippen molar-refractivity contribution in [3.63, 3.8) is 0 Å². The molecule has 0 radical (unpaired) electrons. The predicted octanol–water partition coefficient (Wildman–Crippen LogP) is 2.53. The van der Waals surface area contributed by atoms with Gasteiger partial charge in [-0.15, -0.1) is 10.2 Å². The van der Waals surface area contributed by atoms with Crippen LogP contribution in [-0.2, 0) is 19.4 Å². The highest BCUT2D eigenvalue weighted by Crippen LogP contribution is 2.24. The number of hydrogen-bond donors (Lipinski definition) is 2. The molecule has 2 aromatic rings. The highest BCUT2D eigenvalue weighted by molar-refractivity contribution is 5.79. The zero-order chi connectivity index (χ0) is 20.6. The fourth-order valence-corrected chi connectivity index (χ4v) is 4.54. The van der Waals surface area contributed by atoms with E-state index in [4.69, 9.17) is 4.42 Å². The van der Waals surface area contributed by atoms with Crippen LogP contribution >= 0.6 is 0 Å². The van der Waals surface area contributed by atoms with E-state index in [9.17, 15) is 0 Å². The van der Waals surface area contributed by atoms with Gasteiger partial charge < -0.3 is 19.6 Å². The van der Waals surface area contributed by atoms with Gasteiger partial charge in [0.1, 0.15) is 17.4 Å². The van der Waals surface area contributed by atoms with Crippen LogP contribution in [0.2, 0.25) is 0 Å². The molecule has 0 spiro atoms. The van der Waals surface area contributed by atoms with Crippen molar-refractivity contribution in [1.29, 1.82) is 0 Å². The molecular formula is C22H35N7O. The largest absolute Gasteiger partial charge is 0.468 e. The van der Waals surface area contributed by atoms with Crippen molar-refractivity contribution in [3.05, 3.63) is 35.8 Å². The van der Waals surface area contributed by atoms with Gasteiger partial charge in [-0.05, 0) is 57.3 Å². The lowest BCUT2D eigenvalue weighted by molar-refractivity contribution is 0.215. The van der Waals surface area contributed by atoms with Crippen molar-refractivity contribution in [1.82, 2.24) is 30.3 Å². The first-order chi connectivity index (χ1) is 14.8. The SMILES string of the molecule is CN=C(NCCCc1nnc2n1CCCCC2)NCC(c1ccco1)N1CCCC1. The predicted molar refractivity (Wildman–Crippen MR) is 118 cm³/mol. The molecule has 2 aromatic heterocycles. The Labute approximate surface area is 179 Å². The zero-order valence-corrected chi connectivity index (χ0v) is 18.1. The zero-order valence-electron chi connectivity index (χ0n) is 18.1. The van der Waals surface area contributed by atoms with Crippen LogP contribution in [0.15, 0.2) is 27.8 Å². The smallest absolute Gasteiger partial charge is 0.191 e. The summed E-state index contributed by atoms with van der Waals surface area (Å²) in [6.45, 7) is 4.96. The highest BCUT2D eigenvalue weighted by atomic mass is 16.3. The molecule has 8 heteroatoms. The molecule has 4 heterocycles. The summed E-state index contributed by atoms with van der Waals surface area (Å²) in [5, 5.41) is 15.8. The minimum absolute atomic E-state index is 0.243. The Balaban J connectivity index is 1.23. The second-order valence-electron chi connectivity index (χ2n) is 8.25. The van der Waals surface area contributed by atoms with E-state index in [-0.39, 0.29) is 6.04 Å². The van der Waals surface area contributed by atoms with Gasteiger partial charge in [-0.3, -0.25) is 9.89 Å². The van der Waals surface area contributed by atoms with Crippen molar-refractivity contribution >= 4 is 5.96 Å². The van der Waals surface area contributed by atoms with Gasteiger partial charge in [0.25, 0.3) is 0 Å². The van der Waals surface area contributed by atoms with Gasteiger partial charge in [0.15, 0.2) is 5.96 Å². The lowest BCUT2D eigenvalue weighted by atomic mass is 10.2. The Bertz CT molecular complexity index is 793. The molecule has 0 aromatic carbocycles. The van der Waals surface area contributed by atoms with E-state index in [1.807, 2.05) is 13.1 Å². The number of furan rings is 1. The third-order valence-electron chi connectivity index (χ3n) is 6.20. The topological polar surface area (TPSA) is 83.5 Å². The first-order valence-electron chi connectivity index (χ1n) is 11.5. The molecule has 0 bridgehead atoms. The Morgan fingerprint density at radius 1 is 1.13 bits per heavy atom. The second-order valence-corrected chi connectivity index (χ2v) is 8.25. The van der Waals surface area contributed by atoms with Gasteiger partial charge in [-0.2, -0.15) is 0 Å². The molecule has 164 valence electrons. The molecule has 30 heavy (non-hydrogen) atoms. The third-order valence-corrected chi connectivity index (χ3v) is 6.20. The number of guanidine groups is 1. The summed E-state index contributed by atoms with van der Waals surface area (Å²) in [6, 6.07) is 4.28. The van der Waals surface area contributed by atoms with Gasteiger partial charge >= 0.3 is 0 Å². The number of nitrogens with one attached hydrogen (secondary N) is 2. The maximum atomic E-state index is 5.71. The number of nitrogens with zero attached hydrogens (tertiary/aromatic N) is 5. The Morgan fingerprint density at radius 3 is 2.80 bits per heavy atom. The summed E-state index contributed by atoms with van der Waals surface area (Å²) in [5.41, 5.74) is 0. The fourth-order valence-electron chi connectivity index (χ4n) is 4.54. The van der Waals surface area contributed by atoms with Crippen LogP contribution in [-0.4, -0.2) is 58.9 Å². The number of aromatic nitrogens is 3. The number of likely N-dealkylation sites (tertiary alicyclic amines) is 1.